The van der Waals surface area contributed by atoms with Crippen molar-refractivity contribution in [2.24, 2.45) is 0 Å². The fourth-order valence-electron chi connectivity index (χ4n) is 2.88. The molecule has 0 aromatic heterocycles. The molecule has 0 amide bonds. The van der Waals surface area contributed by atoms with Crippen LogP contribution >= 0.6 is 0 Å². The van der Waals surface area contributed by atoms with Crippen molar-refractivity contribution in [2.45, 2.75) is 44.6 Å². The van der Waals surface area contributed by atoms with Gasteiger partial charge in [-0.25, -0.2) is 0 Å². The first-order chi connectivity index (χ1) is 9.22. The van der Waals surface area contributed by atoms with Crippen molar-refractivity contribution in [1.82, 2.24) is 10.2 Å². The average Bonchev–Trinajstić information content (AvgIpc) is 2.33. The number of nitrogens with one attached hydrogen (secondary N) is 1. The van der Waals surface area contributed by atoms with E-state index in [1.807, 2.05) is 0 Å². The summed E-state index contributed by atoms with van der Waals surface area (Å²) in [5.74, 6) is 0.810. The van der Waals surface area contributed by atoms with Gasteiger partial charge in [-0.15, -0.1) is 0 Å². The zero-order chi connectivity index (χ0) is 13.7. The molecule has 0 aliphatic heterocycles. The summed E-state index contributed by atoms with van der Waals surface area (Å²) >= 11 is 0. The fraction of sp³-hybridized carbons (Fsp3) is 0.647. The van der Waals surface area contributed by atoms with E-state index in [0.29, 0.717) is 6.04 Å². The van der Waals surface area contributed by atoms with Gasteiger partial charge in [0.25, 0.3) is 0 Å². The second kappa shape index (κ2) is 7.06. The van der Waals surface area contributed by atoms with E-state index in [4.69, 9.17) is 0 Å². The van der Waals surface area contributed by atoms with Gasteiger partial charge < -0.3 is 10.2 Å². The van der Waals surface area contributed by atoms with Crippen LogP contribution in [-0.4, -0.2) is 32.1 Å². The molecule has 2 heteroatoms. The predicted molar refractivity (Wildman–Crippen MR) is 82.6 cm³/mol. The van der Waals surface area contributed by atoms with E-state index in [2.05, 4.69) is 55.5 Å². The Balaban J connectivity index is 2.18. The fourth-order valence-corrected chi connectivity index (χ4v) is 2.88. The van der Waals surface area contributed by atoms with E-state index in [1.165, 1.54) is 31.2 Å². The first kappa shape index (κ1) is 14.5. The van der Waals surface area contributed by atoms with E-state index in [1.54, 1.807) is 5.56 Å². The molecule has 0 heterocycles. The Bertz CT molecular complexity index is 383. The molecule has 2 rings (SSSR count). The number of benzene rings is 1. The lowest BCUT2D eigenvalue weighted by molar-refractivity contribution is 0.336. The molecular formula is C17H28N2. The molecule has 106 valence electrons. The Hall–Kier alpha value is -0.860. The quantitative estimate of drug-likeness (QED) is 0.806. The topological polar surface area (TPSA) is 15.3 Å². The second-order valence-electron chi connectivity index (χ2n) is 6.03. The maximum atomic E-state index is 3.72. The molecule has 1 atom stereocenters. The number of rotatable bonds is 7. The average molecular weight is 260 g/mol. The number of likely N-dealkylation sites (N-methyl/N-ethyl adjacent to an activating group) is 1. The maximum Gasteiger partial charge on any atom is 0.0451 e. The van der Waals surface area contributed by atoms with Gasteiger partial charge in [0.15, 0.2) is 0 Å². The predicted octanol–water partition coefficient (Wildman–Crippen LogP) is 3.56. The summed E-state index contributed by atoms with van der Waals surface area (Å²) in [6, 6.07) is 9.52. The highest BCUT2D eigenvalue weighted by atomic mass is 15.1. The molecule has 1 aliphatic carbocycles. The zero-order valence-electron chi connectivity index (χ0n) is 12.7. The molecule has 1 fully saturated rings. The lowest BCUT2D eigenvalue weighted by atomic mass is 9.77. The minimum absolute atomic E-state index is 0.465. The molecule has 0 bridgehead atoms. The van der Waals surface area contributed by atoms with Crippen LogP contribution in [0.2, 0.25) is 0 Å². The van der Waals surface area contributed by atoms with Crippen LogP contribution in [0.5, 0.6) is 0 Å². The van der Waals surface area contributed by atoms with Crippen LogP contribution in [-0.2, 0) is 0 Å². The Morgan fingerprint density at radius 1 is 1.26 bits per heavy atom. The molecule has 1 aliphatic rings. The highest BCUT2D eigenvalue weighted by Gasteiger charge is 2.24. The summed E-state index contributed by atoms with van der Waals surface area (Å²) < 4.78 is 0. The highest BCUT2D eigenvalue weighted by Crippen LogP contribution is 2.39. The van der Waals surface area contributed by atoms with Crippen molar-refractivity contribution >= 4 is 0 Å². The standard InChI is InChI=1S/C17H28N2/c1-4-12-18-17(13-19(2)3)16-11-6-5-10-15(16)14-8-7-9-14/h5-6,10-11,14,17-18H,4,7-9,12-13H2,1-3H3. The summed E-state index contributed by atoms with van der Waals surface area (Å²) in [4.78, 5) is 2.28. The Kier molecular flexibility index (Phi) is 5.41. The van der Waals surface area contributed by atoms with Gasteiger partial charge in [0.05, 0.1) is 0 Å². The van der Waals surface area contributed by atoms with Crippen molar-refractivity contribution in [3.8, 4) is 0 Å². The number of nitrogens with zero attached hydrogens (tertiary/aromatic N) is 1. The molecule has 0 radical (unpaired) electrons. The minimum Gasteiger partial charge on any atom is -0.309 e. The van der Waals surface area contributed by atoms with Crippen LogP contribution < -0.4 is 5.32 Å². The van der Waals surface area contributed by atoms with E-state index in [0.717, 1.165) is 19.0 Å². The van der Waals surface area contributed by atoms with Crippen molar-refractivity contribution in [3.05, 3.63) is 35.4 Å². The highest BCUT2D eigenvalue weighted by molar-refractivity contribution is 5.34. The second-order valence-corrected chi connectivity index (χ2v) is 6.03. The van der Waals surface area contributed by atoms with Crippen molar-refractivity contribution < 1.29 is 0 Å². The van der Waals surface area contributed by atoms with Crippen LogP contribution in [0.3, 0.4) is 0 Å². The van der Waals surface area contributed by atoms with Gasteiger partial charge in [-0.3, -0.25) is 0 Å². The molecule has 19 heavy (non-hydrogen) atoms. The molecular weight excluding hydrogens is 232 g/mol. The van der Waals surface area contributed by atoms with Gasteiger partial charge in [-0.2, -0.15) is 0 Å². The number of hydrogen-bond donors (Lipinski definition) is 1. The van der Waals surface area contributed by atoms with Gasteiger partial charge in [-0.1, -0.05) is 37.6 Å². The first-order valence-electron chi connectivity index (χ1n) is 7.69. The van der Waals surface area contributed by atoms with E-state index >= 15 is 0 Å². The minimum atomic E-state index is 0.465. The van der Waals surface area contributed by atoms with Crippen LogP contribution in [0.25, 0.3) is 0 Å². The summed E-state index contributed by atoms with van der Waals surface area (Å²) in [6.07, 6.45) is 5.34. The summed E-state index contributed by atoms with van der Waals surface area (Å²) in [5, 5.41) is 3.72. The van der Waals surface area contributed by atoms with Gasteiger partial charge in [0, 0.05) is 12.6 Å². The van der Waals surface area contributed by atoms with Crippen LogP contribution in [0.4, 0.5) is 0 Å². The third kappa shape index (κ3) is 3.80. The molecule has 1 unspecified atom stereocenters. The first-order valence-corrected chi connectivity index (χ1v) is 7.69. The largest absolute Gasteiger partial charge is 0.309 e. The lowest BCUT2D eigenvalue weighted by Gasteiger charge is -2.32. The third-order valence-corrected chi connectivity index (χ3v) is 4.10. The van der Waals surface area contributed by atoms with Gasteiger partial charge in [0.2, 0.25) is 0 Å². The summed E-state index contributed by atoms with van der Waals surface area (Å²) in [6.45, 7) is 4.40. The third-order valence-electron chi connectivity index (χ3n) is 4.10. The van der Waals surface area contributed by atoms with Gasteiger partial charge >= 0.3 is 0 Å². The molecule has 1 saturated carbocycles. The van der Waals surface area contributed by atoms with Crippen molar-refractivity contribution in [2.75, 3.05) is 27.2 Å². The molecule has 2 nitrogen and oxygen atoms in total. The van der Waals surface area contributed by atoms with Crippen molar-refractivity contribution in [1.29, 1.82) is 0 Å². The van der Waals surface area contributed by atoms with Crippen LogP contribution in [0.15, 0.2) is 24.3 Å². The van der Waals surface area contributed by atoms with Gasteiger partial charge in [0.1, 0.15) is 0 Å². The smallest absolute Gasteiger partial charge is 0.0451 e. The van der Waals surface area contributed by atoms with E-state index in [9.17, 15) is 0 Å². The van der Waals surface area contributed by atoms with Gasteiger partial charge in [-0.05, 0) is 56.9 Å². The molecule has 0 spiro atoms. The molecule has 1 N–H and O–H groups in total. The van der Waals surface area contributed by atoms with Crippen LogP contribution in [0.1, 0.15) is 55.7 Å². The zero-order valence-corrected chi connectivity index (χ0v) is 12.7. The Morgan fingerprint density at radius 3 is 2.58 bits per heavy atom. The number of hydrogen-bond acceptors (Lipinski definition) is 2. The molecule has 1 aromatic rings. The summed E-state index contributed by atoms with van der Waals surface area (Å²) in [7, 11) is 4.32. The maximum absolute atomic E-state index is 3.72. The SMILES string of the molecule is CCCNC(CN(C)C)c1ccccc1C1CCC1. The van der Waals surface area contributed by atoms with Crippen LogP contribution in [0, 0.1) is 0 Å². The lowest BCUT2D eigenvalue weighted by Crippen LogP contribution is -2.33. The van der Waals surface area contributed by atoms with Crippen molar-refractivity contribution in [3.63, 3.8) is 0 Å². The van der Waals surface area contributed by atoms with E-state index < -0.39 is 0 Å². The molecule has 1 aromatic carbocycles. The summed E-state index contributed by atoms with van der Waals surface area (Å²) in [5.41, 5.74) is 3.11. The van der Waals surface area contributed by atoms with E-state index in [-0.39, 0.29) is 0 Å². The Labute approximate surface area is 118 Å². The normalized spacial score (nSPS) is 17.5. The monoisotopic (exact) mass is 260 g/mol. The Morgan fingerprint density at radius 2 is 2.00 bits per heavy atom. The molecule has 0 saturated heterocycles.